The van der Waals surface area contributed by atoms with Crippen LogP contribution in [0, 0.1) is 0 Å². The number of nitrogens with zero attached hydrogens (tertiary/aromatic N) is 2. The van der Waals surface area contributed by atoms with Crippen LogP contribution in [-0.4, -0.2) is 15.7 Å². The normalized spacial score (nSPS) is 10.3. The fourth-order valence-corrected chi connectivity index (χ4v) is 1.30. The second kappa shape index (κ2) is 5.53. The highest BCUT2D eigenvalue weighted by atomic mass is 16.5. The van der Waals surface area contributed by atoms with Crippen LogP contribution in [0.15, 0.2) is 6.20 Å². The summed E-state index contributed by atoms with van der Waals surface area (Å²) in [6.07, 6.45) is 4.03. The predicted octanol–water partition coefficient (Wildman–Crippen LogP) is 2.17. The molecule has 0 saturated heterocycles. The molecule has 15 heavy (non-hydrogen) atoms. The number of carbonyl (C=O) groups excluding carboxylic acids is 1. The van der Waals surface area contributed by atoms with Crippen molar-refractivity contribution in [3.63, 3.8) is 0 Å². The second-order valence-electron chi connectivity index (χ2n) is 3.37. The van der Waals surface area contributed by atoms with Crippen molar-refractivity contribution in [3.05, 3.63) is 11.9 Å². The van der Waals surface area contributed by atoms with Crippen molar-refractivity contribution in [2.24, 2.45) is 0 Å². The van der Waals surface area contributed by atoms with Gasteiger partial charge in [-0.2, -0.15) is 5.10 Å². The van der Waals surface area contributed by atoms with Gasteiger partial charge >= 0.3 is 5.97 Å². The van der Waals surface area contributed by atoms with E-state index in [2.05, 4.69) is 12.0 Å². The summed E-state index contributed by atoms with van der Waals surface area (Å²) in [6, 6.07) is 0. The number of aryl methyl sites for hydroxylation is 2. The van der Waals surface area contributed by atoms with E-state index in [1.54, 1.807) is 17.8 Å². The lowest BCUT2D eigenvalue weighted by atomic mass is 10.2. The van der Waals surface area contributed by atoms with Gasteiger partial charge in [0.05, 0.1) is 6.20 Å². The molecule has 0 radical (unpaired) electrons. The van der Waals surface area contributed by atoms with E-state index in [1.807, 2.05) is 6.92 Å². The standard InChI is InChI=1S/C11H18N2O2/c1-4-7-9-10(15-11(14)5-2)8-13(6-3)12-9/h8H,4-7H2,1-3H3. The van der Waals surface area contributed by atoms with Gasteiger partial charge in [0.15, 0.2) is 5.75 Å². The Kier molecular flexibility index (Phi) is 4.34. The monoisotopic (exact) mass is 210 g/mol. The molecule has 0 fully saturated rings. The lowest BCUT2D eigenvalue weighted by Gasteiger charge is -2.00. The molecule has 0 aromatic carbocycles. The Morgan fingerprint density at radius 3 is 2.73 bits per heavy atom. The number of ether oxygens (including phenoxy) is 1. The lowest BCUT2D eigenvalue weighted by molar-refractivity contribution is -0.134. The van der Waals surface area contributed by atoms with Crippen molar-refractivity contribution < 1.29 is 9.53 Å². The van der Waals surface area contributed by atoms with Crippen molar-refractivity contribution in [1.29, 1.82) is 0 Å². The zero-order valence-corrected chi connectivity index (χ0v) is 9.62. The summed E-state index contributed by atoms with van der Waals surface area (Å²) in [4.78, 5) is 11.2. The number of rotatable bonds is 5. The second-order valence-corrected chi connectivity index (χ2v) is 3.37. The molecule has 1 aromatic heterocycles. The van der Waals surface area contributed by atoms with Crippen LogP contribution in [0.1, 0.15) is 39.3 Å². The molecular weight excluding hydrogens is 192 g/mol. The van der Waals surface area contributed by atoms with Gasteiger partial charge in [0, 0.05) is 13.0 Å². The first-order chi connectivity index (χ1) is 7.21. The maximum absolute atomic E-state index is 11.2. The molecule has 0 aliphatic heterocycles. The highest BCUT2D eigenvalue weighted by molar-refractivity contribution is 5.72. The molecule has 0 aliphatic rings. The fourth-order valence-electron chi connectivity index (χ4n) is 1.30. The Morgan fingerprint density at radius 2 is 2.20 bits per heavy atom. The van der Waals surface area contributed by atoms with E-state index in [-0.39, 0.29) is 5.97 Å². The average molecular weight is 210 g/mol. The van der Waals surface area contributed by atoms with E-state index < -0.39 is 0 Å². The number of hydrogen-bond acceptors (Lipinski definition) is 3. The average Bonchev–Trinajstić information content (AvgIpc) is 2.61. The van der Waals surface area contributed by atoms with Crippen LogP contribution < -0.4 is 4.74 Å². The minimum absolute atomic E-state index is 0.206. The van der Waals surface area contributed by atoms with E-state index >= 15 is 0 Å². The Hall–Kier alpha value is -1.32. The molecule has 0 amide bonds. The number of esters is 1. The fraction of sp³-hybridized carbons (Fsp3) is 0.636. The van der Waals surface area contributed by atoms with E-state index in [1.165, 1.54) is 0 Å². The Labute approximate surface area is 90.2 Å². The Balaban J connectivity index is 2.83. The summed E-state index contributed by atoms with van der Waals surface area (Å²) in [7, 11) is 0. The van der Waals surface area contributed by atoms with Crippen LogP contribution in [0.5, 0.6) is 5.75 Å². The maximum atomic E-state index is 11.2. The molecule has 0 aliphatic carbocycles. The largest absolute Gasteiger partial charge is 0.423 e. The third-order valence-electron chi connectivity index (χ3n) is 2.12. The van der Waals surface area contributed by atoms with Crippen LogP contribution in [0.2, 0.25) is 0 Å². The molecule has 0 spiro atoms. The summed E-state index contributed by atoms with van der Waals surface area (Å²) in [5.74, 6) is 0.411. The first kappa shape index (κ1) is 11.8. The van der Waals surface area contributed by atoms with Gasteiger partial charge in [-0.15, -0.1) is 0 Å². The van der Waals surface area contributed by atoms with E-state index in [4.69, 9.17) is 4.74 Å². The first-order valence-corrected chi connectivity index (χ1v) is 5.48. The zero-order valence-electron chi connectivity index (χ0n) is 9.62. The molecule has 1 aromatic rings. The smallest absolute Gasteiger partial charge is 0.311 e. The quantitative estimate of drug-likeness (QED) is 0.699. The molecule has 0 saturated carbocycles. The van der Waals surface area contributed by atoms with Crippen molar-refractivity contribution in [2.45, 2.75) is 46.6 Å². The molecule has 0 N–H and O–H groups in total. The van der Waals surface area contributed by atoms with E-state index in [0.717, 1.165) is 25.1 Å². The van der Waals surface area contributed by atoms with Crippen LogP contribution in [0.4, 0.5) is 0 Å². The van der Waals surface area contributed by atoms with Gasteiger partial charge in [0.25, 0.3) is 0 Å². The van der Waals surface area contributed by atoms with Crippen molar-refractivity contribution in [3.8, 4) is 5.75 Å². The Morgan fingerprint density at radius 1 is 1.47 bits per heavy atom. The number of carbonyl (C=O) groups is 1. The minimum atomic E-state index is -0.206. The summed E-state index contributed by atoms with van der Waals surface area (Å²) >= 11 is 0. The summed E-state index contributed by atoms with van der Waals surface area (Å²) in [6.45, 7) is 6.66. The van der Waals surface area contributed by atoms with Crippen molar-refractivity contribution >= 4 is 5.97 Å². The molecule has 0 bridgehead atoms. The van der Waals surface area contributed by atoms with Gasteiger partial charge in [-0.25, -0.2) is 0 Å². The van der Waals surface area contributed by atoms with Gasteiger partial charge in [-0.05, 0) is 13.3 Å². The van der Waals surface area contributed by atoms with Crippen LogP contribution >= 0.6 is 0 Å². The van der Waals surface area contributed by atoms with Gasteiger partial charge < -0.3 is 4.74 Å². The Bertz CT molecular complexity index is 331. The highest BCUT2D eigenvalue weighted by Gasteiger charge is 2.11. The SMILES string of the molecule is CCCc1nn(CC)cc1OC(=O)CC. The zero-order chi connectivity index (χ0) is 11.3. The molecule has 4 nitrogen and oxygen atoms in total. The topological polar surface area (TPSA) is 44.1 Å². The molecule has 1 rings (SSSR count). The van der Waals surface area contributed by atoms with Gasteiger partial charge in [0.1, 0.15) is 5.69 Å². The summed E-state index contributed by atoms with van der Waals surface area (Å²) in [5, 5.41) is 4.35. The van der Waals surface area contributed by atoms with Gasteiger partial charge in [-0.1, -0.05) is 20.3 Å². The van der Waals surface area contributed by atoms with Gasteiger partial charge in [0.2, 0.25) is 0 Å². The van der Waals surface area contributed by atoms with Crippen LogP contribution in [0.25, 0.3) is 0 Å². The molecule has 4 heteroatoms. The maximum Gasteiger partial charge on any atom is 0.311 e. The third-order valence-corrected chi connectivity index (χ3v) is 2.12. The molecular formula is C11H18N2O2. The highest BCUT2D eigenvalue weighted by Crippen LogP contribution is 2.19. The third kappa shape index (κ3) is 3.08. The molecule has 1 heterocycles. The van der Waals surface area contributed by atoms with Crippen LogP contribution in [0.3, 0.4) is 0 Å². The molecule has 0 atom stereocenters. The first-order valence-electron chi connectivity index (χ1n) is 5.48. The van der Waals surface area contributed by atoms with Crippen molar-refractivity contribution in [2.75, 3.05) is 0 Å². The van der Waals surface area contributed by atoms with Crippen molar-refractivity contribution in [1.82, 2.24) is 9.78 Å². The summed E-state index contributed by atoms with van der Waals surface area (Å²) in [5.41, 5.74) is 0.876. The minimum Gasteiger partial charge on any atom is -0.423 e. The number of aromatic nitrogens is 2. The number of hydrogen-bond donors (Lipinski definition) is 0. The summed E-state index contributed by atoms with van der Waals surface area (Å²) < 4.78 is 7.00. The van der Waals surface area contributed by atoms with E-state index in [0.29, 0.717) is 12.2 Å². The predicted molar refractivity (Wildman–Crippen MR) is 57.8 cm³/mol. The van der Waals surface area contributed by atoms with E-state index in [9.17, 15) is 4.79 Å². The molecule has 0 unspecified atom stereocenters. The molecule has 84 valence electrons. The lowest BCUT2D eigenvalue weighted by Crippen LogP contribution is -2.06. The van der Waals surface area contributed by atoms with Gasteiger partial charge in [-0.3, -0.25) is 9.48 Å². The van der Waals surface area contributed by atoms with Crippen LogP contribution in [-0.2, 0) is 17.8 Å².